The van der Waals surface area contributed by atoms with E-state index in [-0.39, 0.29) is 11.3 Å². The topological polar surface area (TPSA) is 106 Å². The molecule has 0 fully saturated rings. The summed E-state index contributed by atoms with van der Waals surface area (Å²) >= 11 is 0. The molecule has 0 aliphatic carbocycles. The molecule has 4 N–H and O–H groups in total. The van der Waals surface area contributed by atoms with Crippen LogP contribution in [0.4, 0.5) is 0 Å². The van der Waals surface area contributed by atoms with Gasteiger partial charge in [-0.15, -0.1) is 0 Å². The van der Waals surface area contributed by atoms with E-state index in [1.807, 2.05) is 18.2 Å². The van der Waals surface area contributed by atoms with E-state index < -0.39 is 5.91 Å². The van der Waals surface area contributed by atoms with Crippen LogP contribution < -0.4 is 16.7 Å². The van der Waals surface area contributed by atoms with Crippen LogP contribution in [0.5, 0.6) is 0 Å². The number of para-hydroxylation sites is 1. The lowest BCUT2D eigenvalue weighted by molar-refractivity contribution is 0.0940. The fraction of sp³-hybridized carbons (Fsp3) is 0.0625. The minimum atomic E-state index is -0.505. The fourth-order valence-corrected chi connectivity index (χ4v) is 2.98. The first-order valence-electron chi connectivity index (χ1n) is 7.03. The monoisotopic (exact) mass is 307 g/mol. The zero-order chi connectivity index (χ0) is 16.1. The Bertz CT molecular complexity index is 1160. The largest absolute Gasteiger partial charge is 0.354 e. The highest BCUT2D eigenvalue weighted by Gasteiger charge is 2.18. The van der Waals surface area contributed by atoms with E-state index in [0.717, 1.165) is 5.52 Å². The Labute approximate surface area is 129 Å². The molecule has 1 amide bonds. The number of aryl methyl sites for hydroxylation is 1. The molecule has 4 aromatic rings. The van der Waals surface area contributed by atoms with E-state index in [0.29, 0.717) is 27.3 Å². The van der Waals surface area contributed by atoms with Crippen molar-refractivity contribution in [3.63, 3.8) is 0 Å². The Balaban J connectivity index is 2.24. The molecule has 23 heavy (non-hydrogen) atoms. The first-order chi connectivity index (χ1) is 11.1. The van der Waals surface area contributed by atoms with Gasteiger partial charge in [-0.25, -0.2) is 10.8 Å². The number of rotatable bonds is 1. The molecule has 2 heterocycles. The van der Waals surface area contributed by atoms with Gasteiger partial charge in [-0.1, -0.05) is 12.1 Å². The Morgan fingerprint density at radius 3 is 2.78 bits per heavy atom. The third-order valence-electron chi connectivity index (χ3n) is 4.04. The number of aromatic amines is 1. The molecule has 0 bridgehead atoms. The van der Waals surface area contributed by atoms with Gasteiger partial charge in [-0.2, -0.15) is 0 Å². The second-order valence-corrected chi connectivity index (χ2v) is 5.32. The van der Waals surface area contributed by atoms with Gasteiger partial charge < -0.3 is 9.55 Å². The summed E-state index contributed by atoms with van der Waals surface area (Å²) < 4.78 is 1.59. The Kier molecular flexibility index (Phi) is 2.73. The minimum absolute atomic E-state index is 0.0948. The summed E-state index contributed by atoms with van der Waals surface area (Å²) in [7, 11) is 1.69. The SMILES string of the molecule is Cn1c(C(=O)NN)nc2ccc3[nH]c4ccccc4c(=O)c3c21. The van der Waals surface area contributed by atoms with Gasteiger partial charge >= 0.3 is 5.91 Å². The molecule has 0 aliphatic rings. The zero-order valence-corrected chi connectivity index (χ0v) is 12.3. The van der Waals surface area contributed by atoms with Crippen molar-refractivity contribution in [1.82, 2.24) is 20.0 Å². The van der Waals surface area contributed by atoms with Gasteiger partial charge in [0.15, 0.2) is 5.43 Å². The van der Waals surface area contributed by atoms with E-state index in [1.54, 1.807) is 29.8 Å². The zero-order valence-electron chi connectivity index (χ0n) is 12.3. The maximum absolute atomic E-state index is 12.9. The van der Waals surface area contributed by atoms with Crippen molar-refractivity contribution in [3.05, 3.63) is 52.4 Å². The summed E-state index contributed by atoms with van der Waals surface area (Å²) in [4.78, 5) is 32.3. The van der Waals surface area contributed by atoms with Crippen molar-refractivity contribution < 1.29 is 4.79 Å². The van der Waals surface area contributed by atoms with Gasteiger partial charge in [0.2, 0.25) is 5.82 Å². The molecule has 0 spiro atoms. The summed E-state index contributed by atoms with van der Waals surface area (Å²) in [6.45, 7) is 0. The molecule has 7 heteroatoms. The van der Waals surface area contributed by atoms with Crippen LogP contribution in [-0.4, -0.2) is 20.4 Å². The summed E-state index contributed by atoms with van der Waals surface area (Å²) in [5.74, 6) is 4.84. The van der Waals surface area contributed by atoms with Crippen LogP contribution in [-0.2, 0) is 7.05 Å². The number of amides is 1. The maximum atomic E-state index is 12.9. The van der Waals surface area contributed by atoms with Gasteiger partial charge in [0, 0.05) is 18.0 Å². The van der Waals surface area contributed by atoms with Crippen molar-refractivity contribution in [2.24, 2.45) is 12.9 Å². The van der Waals surface area contributed by atoms with Crippen molar-refractivity contribution in [3.8, 4) is 0 Å². The lowest BCUT2D eigenvalue weighted by atomic mass is 10.1. The number of nitrogens with one attached hydrogen (secondary N) is 2. The highest BCUT2D eigenvalue weighted by Crippen LogP contribution is 2.24. The minimum Gasteiger partial charge on any atom is -0.354 e. The molecule has 0 radical (unpaired) electrons. The molecule has 0 saturated heterocycles. The average molecular weight is 307 g/mol. The maximum Gasteiger partial charge on any atom is 0.301 e. The third-order valence-corrected chi connectivity index (χ3v) is 4.04. The number of fused-ring (bicyclic) bond motifs is 4. The van der Waals surface area contributed by atoms with Gasteiger partial charge in [-0.3, -0.25) is 15.0 Å². The van der Waals surface area contributed by atoms with Crippen molar-refractivity contribution >= 4 is 38.7 Å². The van der Waals surface area contributed by atoms with Crippen LogP contribution >= 0.6 is 0 Å². The Morgan fingerprint density at radius 1 is 1.22 bits per heavy atom. The van der Waals surface area contributed by atoms with Crippen molar-refractivity contribution in [2.75, 3.05) is 0 Å². The number of hydrogen-bond acceptors (Lipinski definition) is 4. The molecule has 0 atom stereocenters. The van der Waals surface area contributed by atoms with E-state index in [9.17, 15) is 9.59 Å². The highest BCUT2D eigenvalue weighted by atomic mass is 16.2. The number of H-pyrrole nitrogens is 1. The number of hydrazine groups is 1. The Hall–Kier alpha value is -3.19. The van der Waals surface area contributed by atoms with Crippen molar-refractivity contribution in [1.29, 1.82) is 0 Å². The van der Waals surface area contributed by atoms with E-state index in [2.05, 4.69) is 15.4 Å². The van der Waals surface area contributed by atoms with E-state index in [1.165, 1.54) is 0 Å². The normalized spacial score (nSPS) is 11.4. The molecule has 114 valence electrons. The number of carbonyl (C=O) groups excluding carboxylic acids is 1. The Morgan fingerprint density at radius 2 is 2.00 bits per heavy atom. The van der Waals surface area contributed by atoms with Crippen molar-refractivity contribution in [2.45, 2.75) is 0 Å². The quantitative estimate of drug-likeness (QED) is 0.212. The molecule has 2 aromatic heterocycles. The second kappa shape index (κ2) is 4.65. The van der Waals surface area contributed by atoms with Crippen LogP contribution in [0.25, 0.3) is 32.8 Å². The molecular formula is C16H13N5O2. The number of nitrogens with zero attached hydrogens (tertiary/aromatic N) is 2. The number of aromatic nitrogens is 3. The average Bonchev–Trinajstić information content (AvgIpc) is 2.91. The summed E-state index contributed by atoms with van der Waals surface area (Å²) in [5.41, 5.74) is 4.61. The molecule has 0 unspecified atom stereocenters. The first kappa shape index (κ1) is 13.5. The van der Waals surface area contributed by atoms with Crippen LogP contribution in [0.15, 0.2) is 41.2 Å². The van der Waals surface area contributed by atoms with Gasteiger partial charge in [0.05, 0.1) is 21.9 Å². The van der Waals surface area contributed by atoms with Gasteiger partial charge in [0.25, 0.3) is 0 Å². The lowest BCUT2D eigenvalue weighted by Gasteiger charge is -2.05. The van der Waals surface area contributed by atoms with Gasteiger partial charge in [0.1, 0.15) is 0 Å². The first-order valence-corrected chi connectivity index (χ1v) is 7.03. The molecule has 0 saturated carbocycles. The van der Waals surface area contributed by atoms with E-state index in [4.69, 9.17) is 5.84 Å². The molecule has 7 nitrogen and oxygen atoms in total. The third kappa shape index (κ3) is 1.77. The second-order valence-electron chi connectivity index (χ2n) is 5.32. The fourth-order valence-electron chi connectivity index (χ4n) is 2.98. The molecule has 2 aromatic carbocycles. The summed E-state index contributed by atoms with van der Waals surface area (Å²) in [5, 5.41) is 1.10. The smallest absolute Gasteiger partial charge is 0.301 e. The van der Waals surface area contributed by atoms with Crippen LogP contribution in [0.2, 0.25) is 0 Å². The van der Waals surface area contributed by atoms with Crippen LogP contribution in [0.1, 0.15) is 10.6 Å². The number of nitrogen functional groups attached to an aromatic ring is 1. The van der Waals surface area contributed by atoms with Gasteiger partial charge in [-0.05, 0) is 24.3 Å². The molecule has 0 aliphatic heterocycles. The number of benzene rings is 2. The molecule has 4 rings (SSSR count). The summed E-state index contributed by atoms with van der Waals surface area (Å²) in [6, 6.07) is 10.9. The highest BCUT2D eigenvalue weighted by molar-refractivity contribution is 6.08. The predicted molar refractivity (Wildman–Crippen MR) is 88.0 cm³/mol. The predicted octanol–water partition coefficient (Wildman–Crippen LogP) is 1.17. The number of carbonyl (C=O) groups is 1. The van der Waals surface area contributed by atoms with Crippen LogP contribution in [0, 0.1) is 0 Å². The summed E-state index contributed by atoms with van der Waals surface area (Å²) in [6.07, 6.45) is 0. The standard InChI is InChI=1S/C16H13N5O2/c1-21-13-11(19-15(21)16(23)20-17)7-6-10-12(13)14(22)8-4-2-3-5-9(8)18-10/h2-7H,17H2,1H3,(H,18,22)(H,20,23). The van der Waals surface area contributed by atoms with Crippen LogP contribution in [0.3, 0.4) is 0 Å². The molecular weight excluding hydrogens is 294 g/mol. The number of nitrogens with two attached hydrogens (primary N) is 1. The number of imidazole rings is 1. The number of hydrogen-bond donors (Lipinski definition) is 3. The number of pyridine rings is 1. The van der Waals surface area contributed by atoms with E-state index >= 15 is 0 Å². The lowest BCUT2D eigenvalue weighted by Crippen LogP contribution is -2.32.